The van der Waals surface area contributed by atoms with Crippen molar-refractivity contribution in [2.45, 2.75) is 0 Å². The summed E-state index contributed by atoms with van der Waals surface area (Å²) in [4.78, 5) is 19.8. The van der Waals surface area contributed by atoms with E-state index in [2.05, 4.69) is 20.6 Å². The Balaban J connectivity index is 1.93. The molecule has 0 fully saturated rings. The monoisotopic (exact) mass is 299 g/mol. The maximum atomic E-state index is 11.3. The van der Waals surface area contributed by atoms with Crippen molar-refractivity contribution >= 4 is 44.0 Å². The van der Waals surface area contributed by atoms with Gasteiger partial charge >= 0.3 is 0 Å². The number of hydrogen-bond donors (Lipinski definition) is 3. The molecule has 0 radical (unpaired) electrons. The molecule has 3 rings (SSSR count). The molecule has 0 aliphatic heterocycles. The number of primary amides is 1. The summed E-state index contributed by atoms with van der Waals surface area (Å²) in [5, 5.41) is 8.38. The van der Waals surface area contributed by atoms with E-state index in [0.29, 0.717) is 10.1 Å². The number of aromatic nitrogens is 2. The third-order valence-corrected chi connectivity index (χ3v) is 3.93. The number of carbonyl (C=O) groups excluding carboxylic acids is 1. The minimum atomic E-state index is -0.550. The number of anilines is 3. The summed E-state index contributed by atoms with van der Waals surface area (Å²) in [7, 11) is 1.73. The molecule has 0 aliphatic carbocycles. The molecule has 1 amide bonds. The predicted octanol–water partition coefficient (Wildman–Crippen LogP) is 2.58. The molecule has 0 saturated carbocycles. The third kappa shape index (κ3) is 2.63. The lowest BCUT2D eigenvalue weighted by Gasteiger charge is -2.03. The zero-order chi connectivity index (χ0) is 14.8. The summed E-state index contributed by atoms with van der Waals surface area (Å²) < 4.78 is 0. The number of nitrogens with two attached hydrogens (primary N) is 1. The van der Waals surface area contributed by atoms with Gasteiger partial charge in [-0.3, -0.25) is 9.78 Å². The highest BCUT2D eigenvalue weighted by Crippen LogP contribution is 2.30. The molecule has 0 bridgehead atoms. The highest BCUT2D eigenvalue weighted by atomic mass is 32.1. The van der Waals surface area contributed by atoms with Crippen molar-refractivity contribution < 1.29 is 4.79 Å². The van der Waals surface area contributed by atoms with Crippen LogP contribution in [0.15, 0.2) is 36.5 Å². The molecule has 2 heterocycles. The minimum absolute atomic E-state index is 0.243. The van der Waals surface area contributed by atoms with E-state index in [0.717, 1.165) is 16.6 Å². The molecule has 0 aliphatic rings. The zero-order valence-corrected chi connectivity index (χ0v) is 12.1. The third-order valence-electron chi connectivity index (χ3n) is 2.94. The summed E-state index contributed by atoms with van der Waals surface area (Å²) in [5.74, 6) is -0.550. The summed E-state index contributed by atoms with van der Waals surface area (Å²) >= 11 is 1.34. The molecule has 6 nitrogen and oxygen atoms in total. The number of hydrogen-bond acceptors (Lipinski definition) is 6. The van der Waals surface area contributed by atoms with Gasteiger partial charge in [-0.15, -0.1) is 0 Å². The Hall–Kier alpha value is -2.67. The van der Waals surface area contributed by atoms with Crippen molar-refractivity contribution in [1.82, 2.24) is 9.97 Å². The van der Waals surface area contributed by atoms with Gasteiger partial charge in [-0.05, 0) is 24.3 Å². The van der Waals surface area contributed by atoms with E-state index in [9.17, 15) is 4.79 Å². The van der Waals surface area contributed by atoms with Crippen molar-refractivity contribution in [3.63, 3.8) is 0 Å². The van der Waals surface area contributed by atoms with E-state index in [-0.39, 0.29) is 5.69 Å². The lowest BCUT2D eigenvalue weighted by Crippen LogP contribution is -2.13. The first-order valence-electron chi connectivity index (χ1n) is 6.27. The van der Waals surface area contributed by atoms with Crippen LogP contribution in [0.3, 0.4) is 0 Å². The SMILES string of the molecule is CNc1sc(Nc2ccc3ncccc3c2)nc1C(N)=O. The largest absolute Gasteiger partial charge is 0.378 e. The summed E-state index contributed by atoms with van der Waals surface area (Å²) in [5.41, 5.74) is 7.35. The Morgan fingerprint density at radius 2 is 2.19 bits per heavy atom. The zero-order valence-electron chi connectivity index (χ0n) is 11.3. The van der Waals surface area contributed by atoms with Crippen molar-refractivity contribution in [3.05, 3.63) is 42.2 Å². The highest BCUT2D eigenvalue weighted by molar-refractivity contribution is 7.19. The normalized spacial score (nSPS) is 10.5. The second kappa shape index (κ2) is 5.37. The Morgan fingerprint density at radius 3 is 2.90 bits per heavy atom. The fraction of sp³-hybridized carbons (Fsp3) is 0.0714. The molecule has 7 heteroatoms. The maximum Gasteiger partial charge on any atom is 0.270 e. The topological polar surface area (TPSA) is 92.9 Å². The van der Waals surface area contributed by atoms with E-state index >= 15 is 0 Å². The van der Waals surface area contributed by atoms with E-state index < -0.39 is 5.91 Å². The summed E-state index contributed by atoms with van der Waals surface area (Å²) in [6.45, 7) is 0. The van der Waals surface area contributed by atoms with Gasteiger partial charge in [0.05, 0.1) is 5.52 Å². The molecule has 0 spiro atoms. The molecule has 4 N–H and O–H groups in total. The number of pyridine rings is 1. The fourth-order valence-corrected chi connectivity index (χ4v) is 2.83. The van der Waals surface area contributed by atoms with Gasteiger partial charge in [-0.25, -0.2) is 4.98 Å². The number of nitrogens with one attached hydrogen (secondary N) is 2. The van der Waals surface area contributed by atoms with Crippen molar-refractivity contribution in [2.24, 2.45) is 5.73 Å². The van der Waals surface area contributed by atoms with Gasteiger partial charge in [-0.2, -0.15) is 0 Å². The molecular weight excluding hydrogens is 286 g/mol. The second-order valence-corrected chi connectivity index (χ2v) is 5.35. The molecule has 0 atom stereocenters. The Bertz CT molecular complexity index is 814. The predicted molar refractivity (Wildman–Crippen MR) is 85.2 cm³/mol. The Labute approximate surface area is 125 Å². The number of carbonyl (C=O) groups is 1. The molecule has 21 heavy (non-hydrogen) atoms. The molecule has 1 aromatic carbocycles. The fourth-order valence-electron chi connectivity index (χ4n) is 1.99. The van der Waals surface area contributed by atoms with Crippen LogP contribution in [0.25, 0.3) is 10.9 Å². The van der Waals surface area contributed by atoms with Crippen LogP contribution < -0.4 is 16.4 Å². The number of amides is 1. The van der Waals surface area contributed by atoms with E-state index in [1.54, 1.807) is 13.2 Å². The summed E-state index contributed by atoms with van der Waals surface area (Å²) in [6.07, 6.45) is 1.76. The van der Waals surface area contributed by atoms with Crippen LogP contribution in [0.2, 0.25) is 0 Å². The van der Waals surface area contributed by atoms with Gasteiger partial charge in [0.1, 0.15) is 5.00 Å². The standard InChI is InChI=1S/C14H13N5OS/c1-16-13-11(12(15)20)19-14(21-13)18-9-4-5-10-8(7-9)3-2-6-17-10/h2-7,16H,1H3,(H2,15,20)(H,18,19). The number of nitrogens with zero attached hydrogens (tertiary/aromatic N) is 2. The van der Waals surface area contributed by atoms with Crippen molar-refractivity contribution in [1.29, 1.82) is 0 Å². The van der Waals surface area contributed by atoms with Crippen LogP contribution in [-0.2, 0) is 0 Å². The first kappa shape index (κ1) is 13.3. The second-order valence-electron chi connectivity index (χ2n) is 4.35. The Kier molecular flexibility index (Phi) is 3.41. The smallest absolute Gasteiger partial charge is 0.270 e. The molecule has 0 unspecified atom stereocenters. The number of rotatable bonds is 4. The first-order chi connectivity index (χ1) is 10.2. The first-order valence-corrected chi connectivity index (χ1v) is 7.09. The number of thiazole rings is 1. The van der Waals surface area contributed by atoms with Crippen LogP contribution in [-0.4, -0.2) is 22.9 Å². The van der Waals surface area contributed by atoms with Crippen LogP contribution in [0, 0.1) is 0 Å². The minimum Gasteiger partial charge on any atom is -0.378 e. The Morgan fingerprint density at radius 1 is 1.33 bits per heavy atom. The molecular formula is C14H13N5OS. The van der Waals surface area contributed by atoms with Gasteiger partial charge in [0, 0.05) is 24.3 Å². The van der Waals surface area contributed by atoms with Crippen LogP contribution in [0.5, 0.6) is 0 Å². The lowest BCUT2D eigenvalue weighted by molar-refractivity contribution is 0.0997. The quantitative estimate of drug-likeness (QED) is 0.688. The molecule has 106 valence electrons. The van der Waals surface area contributed by atoms with Crippen molar-refractivity contribution in [2.75, 3.05) is 17.7 Å². The average Bonchev–Trinajstić information content (AvgIpc) is 2.90. The molecule has 3 aromatic rings. The molecule has 0 saturated heterocycles. The van der Waals surface area contributed by atoms with Crippen LogP contribution >= 0.6 is 11.3 Å². The van der Waals surface area contributed by atoms with Crippen LogP contribution in [0.4, 0.5) is 15.8 Å². The van der Waals surface area contributed by atoms with Gasteiger partial charge in [0.15, 0.2) is 10.8 Å². The van der Waals surface area contributed by atoms with E-state index in [4.69, 9.17) is 5.73 Å². The van der Waals surface area contributed by atoms with Gasteiger partial charge < -0.3 is 16.4 Å². The van der Waals surface area contributed by atoms with Gasteiger partial charge in [-0.1, -0.05) is 17.4 Å². The van der Waals surface area contributed by atoms with Crippen molar-refractivity contribution in [3.8, 4) is 0 Å². The van der Waals surface area contributed by atoms with Crippen LogP contribution in [0.1, 0.15) is 10.5 Å². The number of benzene rings is 1. The molecule has 2 aromatic heterocycles. The maximum absolute atomic E-state index is 11.3. The lowest BCUT2D eigenvalue weighted by atomic mass is 10.2. The van der Waals surface area contributed by atoms with Gasteiger partial charge in [0.2, 0.25) is 0 Å². The highest BCUT2D eigenvalue weighted by Gasteiger charge is 2.14. The van der Waals surface area contributed by atoms with E-state index in [1.807, 2.05) is 30.3 Å². The van der Waals surface area contributed by atoms with E-state index in [1.165, 1.54) is 11.3 Å². The number of fused-ring (bicyclic) bond motifs is 1. The average molecular weight is 299 g/mol. The van der Waals surface area contributed by atoms with Gasteiger partial charge in [0.25, 0.3) is 5.91 Å². The summed E-state index contributed by atoms with van der Waals surface area (Å²) in [6, 6.07) is 9.70.